The molecule has 25 heavy (non-hydrogen) atoms. The maximum absolute atomic E-state index is 12.5. The Hall–Kier alpha value is -2.44. The molecule has 0 unspecified atom stereocenters. The molecule has 3 heterocycles. The summed E-state index contributed by atoms with van der Waals surface area (Å²) in [7, 11) is 0. The average molecular weight is 341 g/mol. The molecule has 132 valence electrons. The molecule has 2 fully saturated rings. The van der Waals surface area contributed by atoms with Crippen LogP contribution < -0.4 is 4.90 Å². The van der Waals surface area contributed by atoms with Gasteiger partial charge in [-0.3, -0.25) is 4.79 Å². The van der Waals surface area contributed by atoms with E-state index in [2.05, 4.69) is 26.1 Å². The molecule has 0 aromatic carbocycles. The van der Waals surface area contributed by atoms with Crippen molar-refractivity contribution in [3.8, 4) is 0 Å². The Morgan fingerprint density at radius 1 is 1.12 bits per heavy atom. The number of aryl methyl sites for hydroxylation is 2. The maximum Gasteiger partial charge on any atom is 0.276 e. The fourth-order valence-electron chi connectivity index (χ4n) is 3.58. The van der Waals surface area contributed by atoms with E-state index in [1.165, 1.54) is 12.8 Å². The van der Waals surface area contributed by atoms with Crippen LogP contribution in [0.1, 0.15) is 47.6 Å². The zero-order chi connectivity index (χ0) is 17.4. The van der Waals surface area contributed by atoms with Crippen molar-refractivity contribution in [2.24, 2.45) is 0 Å². The van der Waals surface area contributed by atoms with Crippen LogP contribution in [-0.2, 0) is 0 Å². The largest absolute Gasteiger partial charge is 0.361 e. The quantitative estimate of drug-likeness (QED) is 0.850. The topological polar surface area (TPSA) is 75.4 Å². The van der Waals surface area contributed by atoms with Gasteiger partial charge in [0.25, 0.3) is 5.91 Å². The third kappa shape index (κ3) is 3.36. The number of anilines is 1. The van der Waals surface area contributed by atoms with Crippen molar-refractivity contribution < 1.29 is 9.32 Å². The van der Waals surface area contributed by atoms with E-state index in [4.69, 9.17) is 4.52 Å². The van der Waals surface area contributed by atoms with Crippen LogP contribution in [0.4, 0.5) is 5.82 Å². The Kier molecular flexibility index (Phi) is 4.15. The van der Waals surface area contributed by atoms with Gasteiger partial charge in [0.05, 0.1) is 0 Å². The molecule has 0 atom stereocenters. The average Bonchev–Trinajstić information content (AvgIpc) is 3.35. The fraction of sp³-hybridized carbons (Fsp3) is 0.556. The minimum absolute atomic E-state index is 0.0360. The molecule has 0 radical (unpaired) electrons. The van der Waals surface area contributed by atoms with Crippen molar-refractivity contribution in [3.05, 3.63) is 35.6 Å². The van der Waals surface area contributed by atoms with Crippen LogP contribution in [0.2, 0.25) is 0 Å². The van der Waals surface area contributed by atoms with E-state index in [9.17, 15) is 4.79 Å². The van der Waals surface area contributed by atoms with Crippen LogP contribution in [0.25, 0.3) is 0 Å². The molecule has 2 aromatic rings. The van der Waals surface area contributed by atoms with Gasteiger partial charge in [0.1, 0.15) is 17.9 Å². The van der Waals surface area contributed by atoms with Gasteiger partial charge >= 0.3 is 0 Å². The smallest absolute Gasteiger partial charge is 0.276 e. The van der Waals surface area contributed by atoms with Gasteiger partial charge in [-0.1, -0.05) is 5.16 Å². The first-order valence-electron chi connectivity index (χ1n) is 8.91. The number of hydrogen-bond acceptors (Lipinski definition) is 6. The van der Waals surface area contributed by atoms with E-state index in [0.29, 0.717) is 23.5 Å². The second-order valence-electron chi connectivity index (χ2n) is 7.00. The molecule has 1 saturated carbocycles. The van der Waals surface area contributed by atoms with Crippen LogP contribution in [-0.4, -0.2) is 51.1 Å². The van der Waals surface area contributed by atoms with Gasteiger partial charge in [-0.25, -0.2) is 9.97 Å². The third-order valence-electron chi connectivity index (χ3n) is 4.99. The molecule has 1 aliphatic carbocycles. The number of carbonyl (C=O) groups is 1. The lowest BCUT2D eigenvalue weighted by molar-refractivity contribution is 0.0701. The van der Waals surface area contributed by atoms with Crippen LogP contribution in [0.5, 0.6) is 0 Å². The molecule has 0 bridgehead atoms. The van der Waals surface area contributed by atoms with E-state index in [1.807, 2.05) is 11.8 Å². The van der Waals surface area contributed by atoms with Crippen molar-refractivity contribution in [3.63, 3.8) is 0 Å². The summed E-state index contributed by atoms with van der Waals surface area (Å²) in [4.78, 5) is 25.6. The van der Waals surface area contributed by atoms with E-state index in [-0.39, 0.29) is 5.91 Å². The monoisotopic (exact) mass is 341 g/mol. The number of rotatable bonds is 4. The molecule has 2 aliphatic rings. The molecule has 0 spiro atoms. The minimum atomic E-state index is -0.0360. The van der Waals surface area contributed by atoms with Crippen LogP contribution in [0.3, 0.4) is 0 Å². The number of carbonyl (C=O) groups excluding carboxylic acids is 1. The second kappa shape index (κ2) is 6.46. The normalized spacial score (nSPS) is 18.4. The van der Waals surface area contributed by atoms with Crippen LogP contribution in [0.15, 0.2) is 23.0 Å². The lowest BCUT2D eigenvalue weighted by atomic mass is 10.0. The number of piperidine rings is 1. The Bertz CT molecular complexity index is 762. The highest BCUT2D eigenvalue weighted by atomic mass is 16.5. The molecular weight excluding hydrogens is 318 g/mol. The molecular formula is C18H23N5O2. The molecule has 2 aromatic heterocycles. The molecule has 1 aliphatic heterocycles. The summed E-state index contributed by atoms with van der Waals surface area (Å²) in [5.41, 5.74) is 1.39. The second-order valence-corrected chi connectivity index (χ2v) is 7.00. The number of nitrogens with zero attached hydrogens (tertiary/aromatic N) is 5. The number of likely N-dealkylation sites (tertiary alicyclic amines) is 1. The van der Waals surface area contributed by atoms with E-state index >= 15 is 0 Å². The van der Waals surface area contributed by atoms with Crippen molar-refractivity contribution >= 4 is 11.7 Å². The summed E-state index contributed by atoms with van der Waals surface area (Å²) in [6.45, 7) is 5.27. The molecule has 0 N–H and O–H groups in total. The first kappa shape index (κ1) is 16.1. The molecule has 7 nitrogen and oxygen atoms in total. The van der Waals surface area contributed by atoms with Crippen molar-refractivity contribution in [1.82, 2.24) is 20.0 Å². The summed E-state index contributed by atoms with van der Waals surface area (Å²) < 4.78 is 5.02. The Morgan fingerprint density at radius 2 is 1.84 bits per heavy atom. The van der Waals surface area contributed by atoms with Gasteiger partial charge in [-0.05, 0) is 39.5 Å². The number of hydrogen-bond donors (Lipinski definition) is 0. The predicted octanol–water partition coefficient (Wildman–Crippen LogP) is 2.36. The summed E-state index contributed by atoms with van der Waals surface area (Å²) in [5, 5.41) is 3.85. The lowest BCUT2D eigenvalue weighted by Crippen LogP contribution is -2.48. The fourth-order valence-corrected chi connectivity index (χ4v) is 3.58. The Morgan fingerprint density at radius 3 is 2.44 bits per heavy atom. The van der Waals surface area contributed by atoms with Gasteiger partial charge in [0.15, 0.2) is 5.69 Å². The first-order chi connectivity index (χ1) is 12.1. The van der Waals surface area contributed by atoms with Gasteiger partial charge in [0.2, 0.25) is 0 Å². The van der Waals surface area contributed by atoms with E-state index in [1.54, 1.807) is 19.3 Å². The van der Waals surface area contributed by atoms with Crippen molar-refractivity contribution in [2.75, 3.05) is 18.0 Å². The van der Waals surface area contributed by atoms with Gasteiger partial charge in [-0.2, -0.15) is 0 Å². The maximum atomic E-state index is 12.5. The highest BCUT2D eigenvalue weighted by Crippen LogP contribution is 2.35. The van der Waals surface area contributed by atoms with Crippen LogP contribution >= 0.6 is 0 Å². The standard InChI is InChI=1S/C18H23N5O2/c1-12-9-17(20-11-19-12)23(14-3-4-14)15-5-7-22(8-6-15)18(24)16-10-13(2)25-21-16/h9-11,14-15H,3-8H2,1-2H3. The Labute approximate surface area is 147 Å². The van der Waals surface area contributed by atoms with Gasteiger partial charge < -0.3 is 14.3 Å². The summed E-state index contributed by atoms with van der Waals surface area (Å²) in [6, 6.07) is 4.77. The molecule has 4 rings (SSSR count). The predicted molar refractivity (Wildman–Crippen MR) is 92.4 cm³/mol. The van der Waals surface area contributed by atoms with Crippen molar-refractivity contribution in [2.45, 2.75) is 51.6 Å². The Balaban J connectivity index is 1.44. The summed E-state index contributed by atoms with van der Waals surface area (Å²) in [6.07, 6.45) is 5.98. The van der Waals surface area contributed by atoms with Gasteiger partial charge in [0, 0.05) is 43.0 Å². The third-order valence-corrected chi connectivity index (χ3v) is 4.99. The van der Waals surface area contributed by atoms with Crippen molar-refractivity contribution in [1.29, 1.82) is 0 Å². The summed E-state index contributed by atoms with van der Waals surface area (Å²) >= 11 is 0. The van der Waals surface area contributed by atoms with Crippen LogP contribution in [0, 0.1) is 13.8 Å². The molecule has 1 amide bonds. The molecule has 7 heteroatoms. The van der Waals surface area contributed by atoms with E-state index in [0.717, 1.165) is 37.4 Å². The zero-order valence-corrected chi connectivity index (χ0v) is 14.7. The summed E-state index contributed by atoms with van der Waals surface area (Å²) in [5.74, 6) is 1.65. The highest BCUT2D eigenvalue weighted by molar-refractivity contribution is 5.92. The SMILES string of the molecule is Cc1cc(N(C2CC2)C2CCN(C(=O)c3cc(C)on3)CC2)ncn1. The number of amides is 1. The first-order valence-corrected chi connectivity index (χ1v) is 8.91. The van der Waals surface area contributed by atoms with Gasteiger partial charge in [-0.15, -0.1) is 0 Å². The zero-order valence-electron chi connectivity index (χ0n) is 14.7. The lowest BCUT2D eigenvalue weighted by Gasteiger charge is -2.39. The highest BCUT2D eigenvalue weighted by Gasteiger charge is 2.37. The van der Waals surface area contributed by atoms with E-state index < -0.39 is 0 Å². The number of aromatic nitrogens is 3. The minimum Gasteiger partial charge on any atom is -0.361 e. The molecule has 1 saturated heterocycles.